The maximum Gasteiger partial charge on any atom is 0.244 e. The first-order valence-corrected chi connectivity index (χ1v) is 10.6. The molecule has 1 aliphatic rings. The van der Waals surface area contributed by atoms with E-state index in [1.54, 1.807) is 6.08 Å². The fourth-order valence-electron chi connectivity index (χ4n) is 4.08. The van der Waals surface area contributed by atoms with Crippen LogP contribution in [0.4, 0.5) is 0 Å². The molecule has 150 valence electrons. The molecule has 0 saturated heterocycles. The number of aryl methyl sites for hydroxylation is 2. The second-order valence-corrected chi connectivity index (χ2v) is 8.17. The zero-order valence-electron chi connectivity index (χ0n) is 17.3. The lowest BCUT2D eigenvalue weighted by atomic mass is 10.1. The van der Waals surface area contributed by atoms with Crippen LogP contribution in [0, 0.1) is 13.8 Å². The van der Waals surface area contributed by atoms with Crippen LogP contribution >= 0.6 is 0 Å². The lowest BCUT2D eigenvalue weighted by Gasteiger charge is -2.14. The summed E-state index contributed by atoms with van der Waals surface area (Å²) < 4.78 is 2.05. The highest BCUT2D eigenvalue weighted by molar-refractivity contribution is 5.93. The number of hydrogen-bond donors (Lipinski definition) is 1. The first kappa shape index (κ1) is 19.4. The summed E-state index contributed by atoms with van der Waals surface area (Å²) in [6.07, 6.45) is 12.7. The van der Waals surface area contributed by atoms with Gasteiger partial charge in [0.25, 0.3) is 0 Å². The molecule has 2 aromatic heterocycles. The third-order valence-corrected chi connectivity index (χ3v) is 5.74. The second-order valence-electron chi connectivity index (χ2n) is 8.17. The van der Waals surface area contributed by atoms with E-state index in [4.69, 9.17) is 4.98 Å². The maximum atomic E-state index is 12.6. The van der Waals surface area contributed by atoms with Crippen LogP contribution in [-0.4, -0.2) is 21.3 Å². The van der Waals surface area contributed by atoms with Crippen LogP contribution in [0.5, 0.6) is 0 Å². The zero-order chi connectivity index (χ0) is 20.2. The molecular formula is C25H29N3O. The number of imidazole rings is 1. The lowest BCUT2D eigenvalue weighted by molar-refractivity contribution is -0.117. The molecule has 0 atom stereocenters. The third kappa shape index (κ3) is 4.58. The molecule has 1 fully saturated rings. The van der Waals surface area contributed by atoms with Gasteiger partial charge in [-0.2, -0.15) is 0 Å². The number of nitrogens with one attached hydrogen (secondary N) is 1. The van der Waals surface area contributed by atoms with Gasteiger partial charge in [0.05, 0.1) is 11.4 Å². The number of hydrogen-bond acceptors (Lipinski definition) is 2. The van der Waals surface area contributed by atoms with Crippen molar-refractivity contribution in [1.29, 1.82) is 0 Å². The van der Waals surface area contributed by atoms with E-state index in [0.717, 1.165) is 35.4 Å². The van der Waals surface area contributed by atoms with Crippen molar-refractivity contribution in [3.05, 3.63) is 65.5 Å². The Bertz CT molecular complexity index is 1020. The summed E-state index contributed by atoms with van der Waals surface area (Å²) in [7, 11) is 0. The molecule has 0 bridgehead atoms. The highest BCUT2D eigenvalue weighted by Crippen LogP contribution is 2.26. The van der Waals surface area contributed by atoms with Crippen molar-refractivity contribution in [3.63, 3.8) is 0 Å². The van der Waals surface area contributed by atoms with Crippen molar-refractivity contribution in [2.24, 2.45) is 0 Å². The number of rotatable bonds is 4. The number of benzene rings is 1. The summed E-state index contributed by atoms with van der Waals surface area (Å²) in [6, 6.07) is 12.8. The molecule has 0 radical (unpaired) electrons. The topological polar surface area (TPSA) is 46.4 Å². The largest absolute Gasteiger partial charge is 0.350 e. The minimum absolute atomic E-state index is 0.0196. The first-order valence-electron chi connectivity index (χ1n) is 10.6. The van der Waals surface area contributed by atoms with Gasteiger partial charge < -0.3 is 5.32 Å². The summed E-state index contributed by atoms with van der Waals surface area (Å²) in [5.41, 5.74) is 6.16. The fraction of sp³-hybridized carbons (Fsp3) is 0.360. The van der Waals surface area contributed by atoms with Gasteiger partial charge in [-0.15, -0.1) is 0 Å². The second kappa shape index (κ2) is 8.64. The van der Waals surface area contributed by atoms with E-state index < -0.39 is 0 Å². The van der Waals surface area contributed by atoms with E-state index in [-0.39, 0.29) is 5.91 Å². The number of aromatic nitrogens is 2. The molecule has 1 aliphatic carbocycles. The number of carbonyl (C=O) groups is 1. The molecule has 1 saturated carbocycles. The molecule has 1 amide bonds. The highest BCUT2D eigenvalue weighted by Gasteiger charge is 2.15. The number of amides is 1. The van der Waals surface area contributed by atoms with Gasteiger partial charge in [0, 0.05) is 23.9 Å². The number of fused-ring (bicyclic) bond motifs is 1. The van der Waals surface area contributed by atoms with Gasteiger partial charge in [0.2, 0.25) is 5.91 Å². The van der Waals surface area contributed by atoms with E-state index in [1.165, 1.54) is 36.8 Å². The molecule has 3 aromatic rings. The van der Waals surface area contributed by atoms with Crippen LogP contribution in [0.2, 0.25) is 0 Å². The number of nitrogens with zero attached hydrogens (tertiary/aromatic N) is 2. The molecule has 1 aromatic carbocycles. The smallest absolute Gasteiger partial charge is 0.244 e. The van der Waals surface area contributed by atoms with Crippen LogP contribution in [0.15, 0.2) is 48.7 Å². The molecule has 0 aliphatic heterocycles. The summed E-state index contributed by atoms with van der Waals surface area (Å²) in [5, 5.41) is 3.19. The summed E-state index contributed by atoms with van der Waals surface area (Å²) in [5.74, 6) is -0.0196. The van der Waals surface area contributed by atoms with E-state index in [0.29, 0.717) is 6.04 Å². The summed E-state index contributed by atoms with van der Waals surface area (Å²) in [6.45, 7) is 4.14. The monoisotopic (exact) mass is 387 g/mol. The van der Waals surface area contributed by atoms with E-state index in [1.807, 2.05) is 12.3 Å². The van der Waals surface area contributed by atoms with E-state index in [2.05, 4.69) is 60.0 Å². The van der Waals surface area contributed by atoms with Crippen LogP contribution in [0.3, 0.4) is 0 Å². The SMILES string of the molecule is Cc1ccc(-c2nc3cc(C)ccn3c2/C=C/C(=O)NC2CCCCCC2)cc1. The molecule has 29 heavy (non-hydrogen) atoms. The Balaban J connectivity index is 1.64. The average molecular weight is 388 g/mol. The van der Waals surface area contributed by atoms with Crippen LogP contribution in [0.1, 0.15) is 55.3 Å². The summed E-state index contributed by atoms with van der Waals surface area (Å²) in [4.78, 5) is 17.4. The van der Waals surface area contributed by atoms with Crippen molar-refractivity contribution in [1.82, 2.24) is 14.7 Å². The van der Waals surface area contributed by atoms with Gasteiger partial charge in [-0.3, -0.25) is 9.20 Å². The molecule has 1 N–H and O–H groups in total. The van der Waals surface area contributed by atoms with E-state index in [9.17, 15) is 4.79 Å². The summed E-state index contributed by atoms with van der Waals surface area (Å²) >= 11 is 0. The minimum atomic E-state index is -0.0196. The third-order valence-electron chi connectivity index (χ3n) is 5.74. The van der Waals surface area contributed by atoms with Crippen molar-refractivity contribution < 1.29 is 4.79 Å². The molecule has 0 spiro atoms. The van der Waals surface area contributed by atoms with Gasteiger partial charge in [-0.1, -0.05) is 55.5 Å². The van der Waals surface area contributed by atoms with Crippen LogP contribution in [0.25, 0.3) is 23.0 Å². The fourth-order valence-corrected chi connectivity index (χ4v) is 4.08. The van der Waals surface area contributed by atoms with Crippen LogP contribution < -0.4 is 5.32 Å². The van der Waals surface area contributed by atoms with Crippen molar-refractivity contribution in [2.75, 3.05) is 0 Å². The predicted molar refractivity (Wildman–Crippen MR) is 119 cm³/mol. The maximum absolute atomic E-state index is 12.6. The standard InChI is InChI=1S/C25H29N3O/c1-18-9-11-20(12-10-18)25-22(28-16-15-19(2)17-23(28)27-25)13-14-24(29)26-21-7-5-3-4-6-8-21/h9-17,21H,3-8H2,1-2H3,(H,26,29)/b14-13+. The van der Waals surface area contributed by atoms with E-state index >= 15 is 0 Å². The number of pyridine rings is 1. The molecule has 4 heteroatoms. The normalized spacial score (nSPS) is 15.7. The highest BCUT2D eigenvalue weighted by atomic mass is 16.1. The molecular weight excluding hydrogens is 358 g/mol. The van der Waals surface area contributed by atoms with Gasteiger partial charge in [0.15, 0.2) is 0 Å². The van der Waals surface area contributed by atoms with Gasteiger partial charge >= 0.3 is 0 Å². The van der Waals surface area contributed by atoms with Gasteiger partial charge in [-0.05, 0) is 50.5 Å². The molecule has 2 heterocycles. The Morgan fingerprint density at radius 1 is 1.03 bits per heavy atom. The quantitative estimate of drug-likeness (QED) is 0.476. The first-order chi connectivity index (χ1) is 14.1. The molecule has 0 unspecified atom stereocenters. The average Bonchev–Trinajstić information content (AvgIpc) is 2.86. The zero-order valence-corrected chi connectivity index (χ0v) is 17.3. The lowest BCUT2D eigenvalue weighted by Crippen LogP contribution is -2.33. The Morgan fingerprint density at radius 3 is 2.48 bits per heavy atom. The van der Waals surface area contributed by atoms with Crippen LogP contribution in [-0.2, 0) is 4.79 Å². The Kier molecular flexibility index (Phi) is 5.79. The Morgan fingerprint density at radius 2 is 1.76 bits per heavy atom. The van der Waals surface area contributed by atoms with Gasteiger partial charge in [0.1, 0.15) is 5.65 Å². The number of carbonyl (C=O) groups excluding carboxylic acids is 1. The minimum Gasteiger partial charge on any atom is -0.350 e. The van der Waals surface area contributed by atoms with Crippen molar-refractivity contribution in [3.8, 4) is 11.3 Å². The predicted octanol–water partition coefficient (Wildman–Crippen LogP) is 5.47. The van der Waals surface area contributed by atoms with Gasteiger partial charge in [-0.25, -0.2) is 4.98 Å². The van der Waals surface area contributed by atoms with Crippen molar-refractivity contribution >= 4 is 17.6 Å². The van der Waals surface area contributed by atoms with Crippen molar-refractivity contribution in [2.45, 2.75) is 58.4 Å². The molecule has 4 nitrogen and oxygen atoms in total. The molecule has 4 rings (SSSR count). The Hall–Kier alpha value is -2.88. The Labute approximate surface area is 172 Å².